The van der Waals surface area contributed by atoms with E-state index in [-0.39, 0.29) is 12.5 Å². The zero-order chi connectivity index (χ0) is 15.9. The minimum absolute atomic E-state index is 0.0742. The lowest BCUT2D eigenvalue weighted by Gasteiger charge is -2.31. The number of nitrogens with zero attached hydrogens (tertiary/aromatic N) is 2. The van der Waals surface area contributed by atoms with E-state index in [2.05, 4.69) is 11.1 Å². The Bertz CT molecular complexity index is 608. The second-order valence-electron chi connectivity index (χ2n) is 5.95. The Hall–Kier alpha value is -2.36. The number of pyridine rings is 1. The number of aromatic nitrogens is 1. The lowest BCUT2D eigenvalue weighted by molar-refractivity contribution is -0.134. The van der Waals surface area contributed by atoms with Gasteiger partial charge in [0.2, 0.25) is 0 Å². The average molecular weight is 310 g/mol. The van der Waals surface area contributed by atoms with Gasteiger partial charge in [-0.1, -0.05) is 24.3 Å². The van der Waals surface area contributed by atoms with Crippen molar-refractivity contribution in [1.29, 1.82) is 0 Å². The molecule has 2 aromatic rings. The lowest BCUT2D eigenvalue weighted by atomic mass is 9.92. The van der Waals surface area contributed by atoms with Crippen LogP contribution in [0.2, 0.25) is 0 Å². The van der Waals surface area contributed by atoms with Gasteiger partial charge in [-0.05, 0) is 49.4 Å². The summed E-state index contributed by atoms with van der Waals surface area (Å²) in [6.45, 7) is 1.75. The predicted octanol–water partition coefficient (Wildman–Crippen LogP) is 2.94. The van der Waals surface area contributed by atoms with Crippen LogP contribution in [0.1, 0.15) is 18.5 Å². The number of piperidine rings is 1. The molecule has 0 atom stereocenters. The fourth-order valence-corrected chi connectivity index (χ4v) is 2.95. The molecule has 2 heterocycles. The molecule has 1 fully saturated rings. The fraction of sp³-hybridized carbons (Fsp3) is 0.368. The number of carbonyl (C=O) groups excluding carboxylic acids is 1. The van der Waals surface area contributed by atoms with Gasteiger partial charge in [-0.15, -0.1) is 0 Å². The molecule has 1 amide bonds. The normalized spacial score (nSPS) is 15.4. The van der Waals surface area contributed by atoms with Crippen LogP contribution in [0.5, 0.6) is 5.75 Å². The van der Waals surface area contributed by atoms with E-state index >= 15 is 0 Å². The van der Waals surface area contributed by atoms with E-state index in [1.54, 1.807) is 0 Å². The Labute approximate surface area is 137 Å². The zero-order valence-corrected chi connectivity index (χ0v) is 13.2. The minimum Gasteiger partial charge on any atom is -0.484 e. The van der Waals surface area contributed by atoms with Crippen LogP contribution in [-0.4, -0.2) is 35.5 Å². The third-order valence-electron chi connectivity index (χ3n) is 4.30. The van der Waals surface area contributed by atoms with Gasteiger partial charge in [0.1, 0.15) is 5.75 Å². The summed E-state index contributed by atoms with van der Waals surface area (Å²) in [7, 11) is 0. The largest absolute Gasteiger partial charge is 0.484 e. The van der Waals surface area contributed by atoms with Gasteiger partial charge in [-0.2, -0.15) is 0 Å². The van der Waals surface area contributed by atoms with Crippen molar-refractivity contribution in [3.05, 3.63) is 60.4 Å². The van der Waals surface area contributed by atoms with Crippen molar-refractivity contribution in [2.24, 2.45) is 5.92 Å². The summed E-state index contributed by atoms with van der Waals surface area (Å²) in [5.41, 5.74) is 1.14. The number of hydrogen-bond acceptors (Lipinski definition) is 3. The highest BCUT2D eigenvalue weighted by Crippen LogP contribution is 2.21. The van der Waals surface area contributed by atoms with Crippen LogP contribution in [0.3, 0.4) is 0 Å². The Morgan fingerprint density at radius 3 is 2.52 bits per heavy atom. The monoisotopic (exact) mass is 310 g/mol. The first-order valence-electron chi connectivity index (χ1n) is 8.17. The fourth-order valence-electron chi connectivity index (χ4n) is 2.95. The minimum atomic E-state index is 0.0742. The second-order valence-corrected chi connectivity index (χ2v) is 5.95. The number of amides is 1. The van der Waals surface area contributed by atoms with Gasteiger partial charge in [-0.3, -0.25) is 9.78 Å². The second kappa shape index (κ2) is 7.77. The smallest absolute Gasteiger partial charge is 0.260 e. The number of para-hydroxylation sites is 1. The molecule has 1 aliphatic heterocycles. The predicted molar refractivity (Wildman–Crippen MR) is 89.2 cm³/mol. The number of rotatable bonds is 5. The van der Waals surface area contributed by atoms with E-state index in [9.17, 15) is 4.79 Å². The van der Waals surface area contributed by atoms with Crippen LogP contribution in [-0.2, 0) is 11.2 Å². The number of likely N-dealkylation sites (tertiary alicyclic amines) is 1. The van der Waals surface area contributed by atoms with Crippen LogP contribution in [0.15, 0.2) is 54.7 Å². The van der Waals surface area contributed by atoms with Crippen LogP contribution >= 0.6 is 0 Å². The van der Waals surface area contributed by atoms with Crippen molar-refractivity contribution in [3.8, 4) is 5.75 Å². The number of hydrogen-bond donors (Lipinski definition) is 0. The lowest BCUT2D eigenvalue weighted by Crippen LogP contribution is -2.41. The average Bonchev–Trinajstić information content (AvgIpc) is 2.62. The van der Waals surface area contributed by atoms with Gasteiger partial charge in [-0.25, -0.2) is 0 Å². The molecular weight excluding hydrogens is 288 g/mol. The van der Waals surface area contributed by atoms with Gasteiger partial charge in [0, 0.05) is 25.0 Å². The van der Waals surface area contributed by atoms with E-state index in [1.807, 2.05) is 53.6 Å². The summed E-state index contributed by atoms with van der Waals surface area (Å²) in [6.07, 6.45) is 4.92. The van der Waals surface area contributed by atoms with E-state index in [0.29, 0.717) is 5.92 Å². The molecular formula is C19H22N2O2. The summed E-state index contributed by atoms with van der Waals surface area (Å²) in [5.74, 6) is 1.43. The molecule has 4 heteroatoms. The van der Waals surface area contributed by atoms with Crippen LogP contribution in [0, 0.1) is 5.92 Å². The molecule has 0 saturated carbocycles. The Kier molecular flexibility index (Phi) is 5.25. The first-order chi connectivity index (χ1) is 11.3. The highest BCUT2D eigenvalue weighted by Gasteiger charge is 2.23. The first-order valence-corrected chi connectivity index (χ1v) is 8.17. The number of ether oxygens (including phenoxy) is 1. The molecule has 3 rings (SSSR count). The standard InChI is InChI=1S/C19H22N2O2/c22-19(15-23-18-7-2-1-3-8-18)21-12-9-16(10-13-21)14-17-6-4-5-11-20-17/h1-8,11,16H,9-10,12-15H2. The van der Waals surface area contributed by atoms with Gasteiger partial charge < -0.3 is 9.64 Å². The van der Waals surface area contributed by atoms with Gasteiger partial charge in [0.25, 0.3) is 5.91 Å². The van der Waals surface area contributed by atoms with Crippen LogP contribution in [0.25, 0.3) is 0 Å². The maximum Gasteiger partial charge on any atom is 0.260 e. The summed E-state index contributed by atoms with van der Waals surface area (Å²) < 4.78 is 5.54. The molecule has 0 bridgehead atoms. The molecule has 1 aliphatic rings. The molecule has 0 radical (unpaired) electrons. The molecule has 1 saturated heterocycles. The van der Waals surface area contributed by atoms with Crippen molar-refractivity contribution in [2.75, 3.05) is 19.7 Å². The summed E-state index contributed by atoms with van der Waals surface area (Å²) >= 11 is 0. The van der Waals surface area contributed by atoms with Gasteiger partial charge in [0.05, 0.1) is 0 Å². The van der Waals surface area contributed by atoms with Crippen molar-refractivity contribution in [3.63, 3.8) is 0 Å². The Morgan fingerprint density at radius 1 is 1.09 bits per heavy atom. The van der Waals surface area contributed by atoms with Gasteiger partial charge in [0.15, 0.2) is 6.61 Å². The van der Waals surface area contributed by atoms with Crippen LogP contribution < -0.4 is 4.74 Å². The third kappa shape index (κ3) is 4.55. The maximum atomic E-state index is 12.2. The van der Waals surface area contributed by atoms with E-state index in [0.717, 1.165) is 43.8 Å². The number of carbonyl (C=O) groups is 1. The van der Waals surface area contributed by atoms with Crippen molar-refractivity contribution in [2.45, 2.75) is 19.3 Å². The Balaban J connectivity index is 1.42. The summed E-state index contributed by atoms with van der Waals surface area (Å²) in [4.78, 5) is 18.5. The molecule has 1 aromatic heterocycles. The van der Waals surface area contributed by atoms with Crippen LogP contribution in [0.4, 0.5) is 0 Å². The molecule has 1 aromatic carbocycles. The molecule has 0 N–H and O–H groups in total. The summed E-state index contributed by atoms with van der Waals surface area (Å²) in [6, 6.07) is 15.5. The Morgan fingerprint density at radius 2 is 1.83 bits per heavy atom. The molecule has 0 unspecified atom stereocenters. The first kappa shape index (κ1) is 15.5. The summed E-state index contributed by atoms with van der Waals surface area (Å²) in [5, 5.41) is 0. The van der Waals surface area contributed by atoms with Gasteiger partial charge >= 0.3 is 0 Å². The topological polar surface area (TPSA) is 42.4 Å². The SMILES string of the molecule is O=C(COc1ccccc1)N1CCC(Cc2ccccn2)CC1. The molecule has 0 spiro atoms. The van der Waals surface area contributed by atoms with E-state index in [1.165, 1.54) is 0 Å². The number of benzene rings is 1. The quantitative estimate of drug-likeness (QED) is 0.853. The van der Waals surface area contributed by atoms with Crippen molar-refractivity contribution >= 4 is 5.91 Å². The third-order valence-corrected chi connectivity index (χ3v) is 4.30. The van der Waals surface area contributed by atoms with E-state index < -0.39 is 0 Å². The van der Waals surface area contributed by atoms with Crippen molar-refractivity contribution in [1.82, 2.24) is 9.88 Å². The van der Waals surface area contributed by atoms with E-state index in [4.69, 9.17) is 4.74 Å². The molecule has 4 nitrogen and oxygen atoms in total. The molecule has 0 aliphatic carbocycles. The molecule has 120 valence electrons. The zero-order valence-electron chi connectivity index (χ0n) is 13.2. The molecule has 23 heavy (non-hydrogen) atoms. The highest BCUT2D eigenvalue weighted by molar-refractivity contribution is 5.77. The maximum absolute atomic E-state index is 12.2. The highest BCUT2D eigenvalue weighted by atomic mass is 16.5. The van der Waals surface area contributed by atoms with Crippen molar-refractivity contribution < 1.29 is 9.53 Å².